The van der Waals surface area contributed by atoms with Crippen LogP contribution in [0.2, 0.25) is 0 Å². The number of hydrogen-bond acceptors (Lipinski definition) is 3. The molecule has 0 aliphatic carbocycles. The molecule has 0 unspecified atom stereocenters. The van der Waals surface area contributed by atoms with Crippen LogP contribution < -0.4 is 5.32 Å². The number of unbranched alkanes of at least 4 members (excludes halogenated alkanes) is 1. The highest BCUT2D eigenvalue weighted by atomic mass is 32.1. The van der Waals surface area contributed by atoms with Crippen LogP contribution in [0, 0.1) is 0 Å². The van der Waals surface area contributed by atoms with E-state index < -0.39 is 0 Å². The van der Waals surface area contributed by atoms with Gasteiger partial charge in [-0.25, -0.2) is 4.98 Å². The molecule has 0 amide bonds. The Labute approximate surface area is 77.0 Å². The van der Waals surface area contributed by atoms with Gasteiger partial charge in [0.25, 0.3) is 0 Å². The van der Waals surface area contributed by atoms with Crippen LogP contribution in [0.3, 0.4) is 0 Å². The Balaban J connectivity index is 2.05. The van der Waals surface area contributed by atoms with Crippen LogP contribution in [0.15, 0.2) is 0 Å². The van der Waals surface area contributed by atoms with Gasteiger partial charge in [0, 0.05) is 18.0 Å². The second kappa shape index (κ2) is 3.54. The van der Waals surface area contributed by atoms with Gasteiger partial charge in [0.2, 0.25) is 0 Å². The van der Waals surface area contributed by atoms with Crippen molar-refractivity contribution in [3.8, 4) is 0 Å². The van der Waals surface area contributed by atoms with E-state index >= 15 is 0 Å². The Morgan fingerprint density at radius 3 is 3.17 bits per heavy atom. The third kappa shape index (κ3) is 1.52. The van der Waals surface area contributed by atoms with Crippen LogP contribution in [0.5, 0.6) is 0 Å². The van der Waals surface area contributed by atoms with Crippen molar-refractivity contribution < 1.29 is 0 Å². The van der Waals surface area contributed by atoms with E-state index in [0.717, 1.165) is 13.1 Å². The smallest absolute Gasteiger partial charge is 0.0932 e. The molecule has 1 aromatic rings. The molecule has 66 valence electrons. The maximum atomic E-state index is 4.58. The Morgan fingerprint density at radius 1 is 1.50 bits per heavy atom. The number of fused-ring (bicyclic) bond motifs is 1. The highest BCUT2D eigenvalue weighted by molar-refractivity contribution is 7.11. The summed E-state index contributed by atoms with van der Waals surface area (Å²) < 4.78 is 0. The van der Waals surface area contributed by atoms with Gasteiger partial charge in [-0.2, -0.15) is 0 Å². The van der Waals surface area contributed by atoms with Crippen molar-refractivity contribution in [3.05, 3.63) is 15.6 Å². The van der Waals surface area contributed by atoms with Crippen LogP contribution in [0.25, 0.3) is 0 Å². The molecule has 12 heavy (non-hydrogen) atoms. The topological polar surface area (TPSA) is 24.9 Å². The maximum absolute atomic E-state index is 4.58. The minimum atomic E-state index is 0.984. The number of nitrogens with one attached hydrogen (secondary N) is 1. The van der Waals surface area contributed by atoms with Crippen molar-refractivity contribution in [1.29, 1.82) is 0 Å². The van der Waals surface area contributed by atoms with Gasteiger partial charge in [0.1, 0.15) is 0 Å². The van der Waals surface area contributed by atoms with E-state index in [4.69, 9.17) is 0 Å². The summed E-state index contributed by atoms with van der Waals surface area (Å²) in [5.41, 5.74) is 1.30. The summed E-state index contributed by atoms with van der Waals surface area (Å²) in [7, 11) is 0. The molecule has 1 aromatic heterocycles. The van der Waals surface area contributed by atoms with Crippen molar-refractivity contribution >= 4 is 11.3 Å². The zero-order chi connectivity index (χ0) is 8.39. The lowest BCUT2D eigenvalue weighted by atomic mass is 10.3. The number of thiazole rings is 1. The number of nitrogens with zero attached hydrogens (tertiary/aromatic N) is 1. The summed E-state index contributed by atoms with van der Waals surface area (Å²) in [5, 5.41) is 4.64. The monoisotopic (exact) mass is 182 g/mol. The van der Waals surface area contributed by atoms with Gasteiger partial charge in [0.15, 0.2) is 0 Å². The van der Waals surface area contributed by atoms with Gasteiger partial charge in [-0.05, 0) is 12.8 Å². The molecule has 2 heterocycles. The highest BCUT2D eigenvalue weighted by Crippen LogP contribution is 2.23. The molecular weight excluding hydrogens is 168 g/mol. The molecule has 3 heteroatoms. The fourth-order valence-electron chi connectivity index (χ4n) is 1.44. The second-order valence-electron chi connectivity index (χ2n) is 3.18. The first-order chi connectivity index (χ1) is 5.90. The predicted octanol–water partition coefficient (Wildman–Crippen LogP) is 2.09. The van der Waals surface area contributed by atoms with E-state index in [0.29, 0.717) is 0 Å². The number of rotatable bonds is 3. The lowest BCUT2D eigenvalue weighted by molar-refractivity contribution is 0.747. The Kier molecular flexibility index (Phi) is 2.42. The van der Waals surface area contributed by atoms with Crippen LogP contribution in [0.4, 0.5) is 0 Å². The van der Waals surface area contributed by atoms with Crippen LogP contribution in [0.1, 0.15) is 35.3 Å². The zero-order valence-corrected chi connectivity index (χ0v) is 8.21. The molecule has 2 nitrogen and oxygen atoms in total. The molecule has 0 bridgehead atoms. The fourth-order valence-corrected chi connectivity index (χ4v) is 2.54. The average molecular weight is 182 g/mol. The van der Waals surface area contributed by atoms with Gasteiger partial charge in [-0.1, -0.05) is 13.3 Å². The molecule has 0 saturated heterocycles. The van der Waals surface area contributed by atoms with Crippen molar-refractivity contribution in [3.63, 3.8) is 0 Å². The molecule has 0 spiro atoms. The van der Waals surface area contributed by atoms with Crippen molar-refractivity contribution in [2.24, 2.45) is 0 Å². The van der Waals surface area contributed by atoms with Crippen molar-refractivity contribution in [1.82, 2.24) is 10.3 Å². The zero-order valence-electron chi connectivity index (χ0n) is 7.39. The van der Waals surface area contributed by atoms with Crippen LogP contribution in [-0.4, -0.2) is 4.98 Å². The average Bonchev–Trinajstić information content (AvgIpc) is 2.58. The summed E-state index contributed by atoms with van der Waals surface area (Å²) in [6, 6.07) is 0. The normalized spacial score (nSPS) is 15.1. The summed E-state index contributed by atoms with van der Waals surface area (Å²) in [4.78, 5) is 6.04. The number of aromatic nitrogens is 1. The lowest BCUT2D eigenvalue weighted by Crippen LogP contribution is -2.01. The summed E-state index contributed by atoms with van der Waals surface area (Å²) >= 11 is 1.89. The number of hydrogen-bond donors (Lipinski definition) is 1. The van der Waals surface area contributed by atoms with E-state index in [9.17, 15) is 0 Å². The SMILES string of the molecule is CCCCc1nc2c(s1)CNC2. The fraction of sp³-hybridized carbons (Fsp3) is 0.667. The first-order valence-electron chi connectivity index (χ1n) is 4.58. The van der Waals surface area contributed by atoms with E-state index in [1.807, 2.05) is 11.3 Å². The predicted molar refractivity (Wildman–Crippen MR) is 51.3 cm³/mol. The quantitative estimate of drug-likeness (QED) is 0.774. The molecule has 0 fully saturated rings. The minimum Gasteiger partial charge on any atom is -0.306 e. The Morgan fingerprint density at radius 2 is 2.42 bits per heavy atom. The maximum Gasteiger partial charge on any atom is 0.0932 e. The molecular formula is C9H14N2S. The molecule has 2 rings (SSSR count). The lowest BCUT2D eigenvalue weighted by Gasteiger charge is -1.92. The summed E-state index contributed by atoms with van der Waals surface area (Å²) in [6.45, 7) is 4.25. The standard InChI is InChI=1S/C9H14N2S/c1-2-3-4-9-11-7-5-10-6-8(7)12-9/h10H,2-6H2,1H3. The van der Waals surface area contributed by atoms with E-state index in [-0.39, 0.29) is 0 Å². The van der Waals surface area contributed by atoms with Crippen molar-refractivity contribution in [2.75, 3.05) is 0 Å². The van der Waals surface area contributed by atoms with E-state index in [1.165, 1.54) is 34.8 Å². The largest absolute Gasteiger partial charge is 0.306 e. The van der Waals surface area contributed by atoms with Crippen LogP contribution in [-0.2, 0) is 19.5 Å². The number of aryl methyl sites for hydroxylation is 1. The van der Waals surface area contributed by atoms with Crippen LogP contribution >= 0.6 is 11.3 Å². The van der Waals surface area contributed by atoms with Crippen molar-refractivity contribution in [2.45, 2.75) is 39.3 Å². The Hall–Kier alpha value is -0.410. The van der Waals surface area contributed by atoms with E-state index in [2.05, 4.69) is 17.2 Å². The minimum absolute atomic E-state index is 0.984. The highest BCUT2D eigenvalue weighted by Gasteiger charge is 2.15. The van der Waals surface area contributed by atoms with Gasteiger partial charge in [-0.3, -0.25) is 0 Å². The molecule has 0 aromatic carbocycles. The van der Waals surface area contributed by atoms with Gasteiger partial charge >= 0.3 is 0 Å². The summed E-state index contributed by atoms with van der Waals surface area (Å²) in [5.74, 6) is 0. The van der Waals surface area contributed by atoms with Gasteiger partial charge in [0.05, 0.1) is 10.7 Å². The third-order valence-corrected chi connectivity index (χ3v) is 3.30. The molecule has 1 N–H and O–H groups in total. The first kappa shape index (κ1) is 8.20. The summed E-state index contributed by atoms with van der Waals surface area (Å²) in [6.07, 6.45) is 3.72. The molecule has 1 aliphatic heterocycles. The Bertz CT molecular complexity index is 246. The molecule has 0 radical (unpaired) electrons. The molecule has 0 saturated carbocycles. The van der Waals surface area contributed by atoms with Gasteiger partial charge < -0.3 is 5.32 Å². The second-order valence-corrected chi connectivity index (χ2v) is 4.35. The van der Waals surface area contributed by atoms with Gasteiger partial charge in [-0.15, -0.1) is 11.3 Å². The van der Waals surface area contributed by atoms with E-state index in [1.54, 1.807) is 0 Å². The third-order valence-electron chi connectivity index (χ3n) is 2.14. The molecule has 1 aliphatic rings. The molecule has 0 atom stereocenters. The first-order valence-corrected chi connectivity index (χ1v) is 5.40.